The fourth-order valence-corrected chi connectivity index (χ4v) is 1.99. The van der Waals surface area contributed by atoms with Crippen LogP contribution >= 0.6 is 0 Å². The zero-order valence-electron chi connectivity index (χ0n) is 10.6. The number of benzene rings is 1. The Bertz CT molecular complexity index is 636. The number of nitrogens with one attached hydrogen (secondary N) is 1. The largest absolute Gasteiger partial charge is 0.482 e. The van der Waals surface area contributed by atoms with Gasteiger partial charge in [0.25, 0.3) is 11.9 Å². The van der Waals surface area contributed by atoms with E-state index in [1.165, 1.54) is 0 Å². The second-order valence-corrected chi connectivity index (χ2v) is 4.23. The molecule has 0 radical (unpaired) electrons. The van der Waals surface area contributed by atoms with Gasteiger partial charge < -0.3 is 19.4 Å². The van der Waals surface area contributed by atoms with Crippen LogP contribution in [0.1, 0.15) is 0 Å². The maximum atomic E-state index is 11.6. The quantitative estimate of drug-likeness (QED) is 0.886. The Morgan fingerprint density at radius 1 is 1.47 bits per heavy atom. The van der Waals surface area contributed by atoms with E-state index >= 15 is 0 Å². The molecule has 0 aliphatic carbocycles. The van der Waals surface area contributed by atoms with E-state index in [-0.39, 0.29) is 12.5 Å². The summed E-state index contributed by atoms with van der Waals surface area (Å²) in [6.45, 7) is 0.0841. The molecule has 1 aromatic heterocycles. The van der Waals surface area contributed by atoms with Gasteiger partial charge in [-0.2, -0.15) is 0 Å². The number of carbonyl (C=O) groups is 1. The minimum absolute atomic E-state index is 0.0631. The lowest BCUT2D eigenvalue weighted by molar-refractivity contribution is -0.120. The van der Waals surface area contributed by atoms with Gasteiger partial charge in [-0.3, -0.25) is 4.79 Å². The van der Waals surface area contributed by atoms with Crippen LogP contribution in [0.15, 0.2) is 24.4 Å². The van der Waals surface area contributed by atoms with Gasteiger partial charge in [-0.1, -0.05) is 0 Å². The smallest absolute Gasteiger partial charge is 0.293 e. The summed E-state index contributed by atoms with van der Waals surface area (Å²) in [5, 5.41) is 0. The van der Waals surface area contributed by atoms with Crippen molar-refractivity contribution in [3.63, 3.8) is 0 Å². The first-order valence-electron chi connectivity index (χ1n) is 5.82. The standard InChI is InChI=1S/C13H13N3O3/c1-16-10-5-8(9-6-14-13(15-9)18-2)3-4-11(10)19-7-12(16)17/h3-6H,7H2,1-2H3,(H,14,15). The van der Waals surface area contributed by atoms with Crippen molar-refractivity contribution in [1.29, 1.82) is 0 Å². The molecule has 6 nitrogen and oxygen atoms in total. The number of hydrogen-bond donors (Lipinski definition) is 1. The number of anilines is 1. The van der Waals surface area contributed by atoms with Crippen molar-refractivity contribution >= 4 is 11.6 Å². The lowest BCUT2D eigenvalue weighted by atomic mass is 10.1. The lowest BCUT2D eigenvalue weighted by Crippen LogP contribution is -2.35. The molecule has 98 valence electrons. The Balaban J connectivity index is 2.03. The normalized spacial score (nSPS) is 14.0. The van der Waals surface area contributed by atoms with E-state index in [9.17, 15) is 4.79 Å². The molecule has 0 spiro atoms. The molecule has 1 aliphatic heterocycles. The highest BCUT2D eigenvalue weighted by Gasteiger charge is 2.22. The van der Waals surface area contributed by atoms with Crippen LogP contribution in [0.3, 0.4) is 0 Å². The molecule has 6 heteroatoms. The summed E-state index contributed by atoms with van der Waals surface area (Å²) in [6.07, 6.45) is 1.69. The van der Waals surface area contributed by atoms with Crippen LogP contribution in [-0.2, 0) is 4.79 Å². The minimum atomic E-state index is -0.0631. The number of ether oxygens (including phenoxy) is 2. The summed E-state index contributed by atoms with van der Waals surface area (Å²) in [6, 6.07) is 6.10. The Kier molecular flexibility index (Phi) is 2.63. The maximum Gasteiger partial charge on any atom is 0.293 e. The number of nitrogens with zero attached hydrogens (tertiary/aromatic N) is 2. The molecule has 0 atom stereocenters. The van der Waals surface area contributed by atoms with Gasteiger partial charge in [0.15, 0.2) is 6.61 Å². The topological polar surface area (TPSA) is 67.4 Å². The van der Waals surface area contributed by atoms with Crippen LogP contribution in [0.2, 0.25) is 0 Å². The Morgan fingerprint density at radius 3 is 3.05 bits per heavy atom. The number of aromatic amines is 1. The number of hydrogen-bond acceptors (Lipinski definition) is 4. The van der Waals surface area contributed by atoms with E-state index in [2.05, 4.69) is 9.97 Å². The van der Waals surface area contributed by atoms with E-state index in [0.29, 0.717) is 11.8 Å². The van der Waals surface area contributed by atoms with Crippen LogP contribution in [0.4, 0.5) is 5.69 Å². The number of imidazole rings is 1. The SMILES string of the molecule is COc1ncc(-c2ccc3c(c2)N(C)C(=O)CO3)[nH]1. The second kappa shape index (κ2) is 4.31. The van der Waals surface area contributed by atoms with Gasteiger partial charge in [0, 0.05) is 12.6 Å². The van der Waals surface area contributed by atoms with Crippen molar-refractivity contribution in [1.82, 2.24) is 9.97 Å². The van der Waals surface area contributed by atoms with E-state index in [4.69, 9.17) is 9.47 Å². The zero-order valence-corrected chi connectivity index (χ0v) is 10.6. The predicted molar refractivity (Wildman–Crippen MR) is 69.5 cm³/mol. The molecule has 3 rings (SSSR count). The number of carbonyl (C=O) groups excluding carboxylic acids is 1. The van der Waals surface area contributed by atoms with E-state index in [1.54, 1.807) is 25.3 Å². The fraction of sp³-hybridized carbons (Fsp3) is 0.231. The van der Waals surface area contributed by atoms with E-state index in [1.807, 2.05) is 18.2 Å². The van der Waals surface area contributed by atoms with Gasteiger partial charge in [-0.05, 0) is 18.2 Å². The van der Waals surface area contributed by atoms with E-state index < -0.39 is 0 Å². The Morgan fingerprint density at radius 2 is 2.32 bits per heavy atom. The van der Waals surface area contributed by atoms with E-state index in [0.717, 1.165) is 16.9 Å². The van der Waals surface area contributed by atoms with Crippen molar-refractivity contribution in [3.8, 4) is 23.0 Å². The predicted octanol–water partition coefficient (Wildman–Crippen LogP) is 1.44. The summed E-state index contributed by atoms with van der Waals surface area (Å²) in [5.41, 5.74) is 2.49. The van der Waals surface area contributed by atoms with Gasteiger partial charge in [0.05, 0.1) is 24.7 Å². The van der Waals surface area contributed by atoms with Gasteiger partial charge >= 0.3 is 0 Å². The third-order valence-corrected chi connectivity index (χ3v) is 3.10. The lowest BCUT2D eigenvalue weighted by Gasteiger charge is -2.26. The van der Waals surface area contributed by atoms with Crippen LogP contribution < -0.4 is 14.4 Å². The fourth-order valence-electron chi connectivity index (χ4n) is 1.99. The molecule has 1 aromatic carbocycles. The molecule has 0 fully saturated rings. The highest BCUT2D eigenvalue weighted by Crippen LogP contribution is 2.35. The minimum Gasteiger partial charge on any atom is -0.482 e. The average Bonchev–Trinajstić information content (AvgIpc) is 2.92. The molecule has 2 heterocycles. The molecule has 1 aliphatic rings. The van der Waals surface area contributed by atoms with Crippen LogP contribution in [0, 0.1) is 0 Å². The van der Waals surface area contributed by atoms with Crippen molar-refractivity contribution < 1.29 is 14.3 Å². The number of rotatable bonds is 2. The maximum absolute atomic E-state index is 11.6. The molecule has 0 bridgehead atoms. The van der Waals surface area contributed by atoms with Crippen molar-refractivity contribution in [2.24, 2.45) is 0 Å². The molecule has 0 unspecified atom stereocenters. The zero-order chi connectivity index (χ0) is 13.4. The number of aromatic nitrogens is 2. The number of amides is 1. The third kappa shape index (κ3) is 1.91. The number of likely N-dealkylation sites (N-methyl/N-ethyl adjacent to an activating group) is 1. The monoisotopic (exact) mass is 259 g/mol. The number of H-pyrrole nitrogens is 1. The van der Waals surface area contributed by atoms with Gasteiger partial charge in [0.1, 0.15) is 5.75 Å². The third-order valence-electron chi connectivity index (χ3n) is 3.10. The highest BCUT2D eigenvalue weighted by atomic mass is 16.5. The first-order chi connectivity index (χ1) is 9.19. The van der Waals surface area contributed by atoms with Crippen LogP contribution in [0.5, 0.6) is 11.8 Å². The average molecular weight is 259 g/mol. The summed E-state index contributed by atoms with van der Waals surface area (Å²) in [4.78, 5) is 20.3. The summed E-state index contributed by atoms with van der Waals surface area (Å²) < 4.78 is 10.4. The second-order valence-electron chi connectivity index (χ2n) is 4.23. The highest BCUT2D eigenvalue weighted by molar-refractivity contribution is 5.98. The van der Waals surface area contributed by atoms with Gasteiger partial charge in [-0.25, -0.2) is 4.98 Å². The molecule has 1 N–H and O–H groups in total. The summed E-state index contributed by atoms with van der Waals surface area (Å²) in [5.74, 6) is 0.643. The summed E-state index contributed by atoms with van der Waals surface area (Å²) >= 11 is 0. The molecule has 19 heavy (non-hydrogen) atoms. The van der Waals surface area contributed by atoms with Gasteiger partial charge in [0.2, 0.25) is 0 Å². The molecule has 0 saturated heterocycles. The first-order valence-corrected chi connectivity index (χ1v) is 5.82. The van der Waals surface area contributed by atoms with Gasteiger partial charge in [-0.15, -0.1) is 0 Å². The van der Waals surface area contributed by atoms with Crippen molar-refractivity contribution in [2.75, 3.05) is 25.7 Å². The molecule has 2 aromatic rings. The molecule has 0 saturated carbocycles. The van der Waals surface area contributed by atoms with Crippen LogP contribution in [0.25, 0.3) is 11.3 Å². The Hall–Kier alpha value is -2.50. The first kappa shape index (κ1) is 11.6. The number of methoxy groups -OCH3 is 1. The number of fused-ring (bicyclic) bond motifs is 1. The summed E-state index contributed by atoms with van der Waals surface area (Å²) in [7, 11) is 3.29. The molecule has 1 amide bonds. The molecular formula is C13H13N3O3. The Labute approximate surface area is 110 Å². The van der Waals surface area contributed by atoms with Crippen molar-refractivity contribution in [2.45, 2.75) is 0 Å². The van der Waals surface area contributed by atoms with Crippen molar-refractivity contribution in [3.05, 3.63) is 24.4 Å². The molecular weight excluding hydrogens is 246 g/mol. The van der Waals surface area contributed by atoms with Crippen LogP contribution in [-0.4, -0.2) is 36.6 Å².